The van der Waals surface area contributed by atoms with Crippen molar-refractivity contribution in [3.8, 4) is 0 Å². The second-order valence-electron chi connectivity index (χ2n) is 8.01. The van der Waals surface area contributed by atoms with Gasteiger partial charge < -0.3 is 9.80 Å². The first-order valence-corrected chi connectivity index (χ1v) is 9.44. The lowest BCUT2D eigenvalue weighted by Gasteiger charge is -2.48. The average molecular weight is 333 g/mol. The van der Waals surface area contributed by atoms with Crippen molar-refractivity contribution in [3.05, 3.63) is 12.2 Å². The topological polar surface area (TPSA) is 43.9 Å². The van der Waals surface area contributed by atoms with Gasteiger partial charge in [-0.15, -0.1) is 0 Å². The number of amides is 2. The fourth-order valence-corrected chi connectivity index (χ4v) is 4.69. The lowest BCUT2D eigenvalue weighted by Crippen LogP contribution is -2.55. The lowest BCUT2D eigenvalue weighted by atomic mass is 9.73. The number of carbonyl (C=O) groups excluding carboxylic acids is 2. The van der Waals surface area contributed by atoms with Crippen molar-refractivity contribution in [3.63, 3.8) is 0 Å². The normalized spacial score (nSPS) is 28.4. The van der Waals surface area contributed by atoms with Crippen LogP contribution in [0.2, 0.25) is 0 Å². The van der Waals surface area contributed by atoms with Gasteiger partial charge in [-0.25, -0.2) is 0 Å². The fourth-order valence-electron chi connectivity index (χ4n) is 4.69. The Labute approximate surface area is 145 Å². The van der Waals surface area contributed by atoms with Gasteiger partial charge >= 0.3 is 0 Å². The van der Waals surface area contributed by atoms with Gasteiger partial charge in [0, 0.05) is 43.7 Å². The number of hydrogen-bond acceptors (Lipinski definition) is 3. The molecule has 3 fully saturated rings. The summed E-state index contributed by atoms with van der Waals surface area (Å²) in [6, 6.07) is 0. The van der Waals surface area contributed by atoms with Gasteiger partial charge in [-0.3, -0.25) is 14.5 Å². The number of nitrogens with zero attached hydrogens (tertiary/aromatic N) is 3. The zero-order chi connectivity index (χ0) is 17.2. The molecule has 0 aromatic rings. The van der Waals surface area contributed by atoms with Crippen LogP contribution in [0.5, 0.6) is 0 Å². The summed E-state index contributed by atoms with van der Waals surface area (Å²) in [5.41, 5.74) is 0.802. The number of piperidine rings is 2. The summed E-state index contributed by atoms with van der Waals surface area (Å²) in [6.45, 7) is 11.7. The van der Waals surface area contributed by atoms with Crippen LogP contribution in [0.15, 0.2) is 12.2 Å². The Balaban J connectivity index is 1.60. The van der Waals surface area contributed by atoms with Crippen molar-refractivity contribution in [2.24, 2.45) is 5.41 Å². The maximum absolute atomic E-state index is 12.5. The molecule has 1 spiro atoms. The third kappa shape index (κ3) is 3.82. The molecular formula is C19H31N3O2. The monoisotopic (exact) mass is 333 g/mol. The summed E-state index contributed by atoms with van der Waals surface area (Å²) in [5, 5.41) is 0. The van der Waals surface area contributed by atoms with E-state index in [9.17, 15) is 9.59 Å². The van der Waals surface area contributed by atoms with Crippen molar-refractivity contribution < 1.29 is 9.59 Å². The van der Waals surface area contributed by atoms with Gasteiger partial charge in [-0.1, -0.05) is 6.58 Å². The molecule has 0 bridgehead atoms. The number of rotatable bonds is 3. The summed E-state index contributed by atoms with van der Waals surface area (Å²) in [7, 11) is 0. The summed E-state index contributed by atoms with van der Waals surface area (Å²) in [5.74, 6) is 0.384. The molecule has 3 saturated heterocycles. The van der Waals surface area contributed by atoms with Crippen molar-refractivity contribution >= 4 is 11.8 Å². The molecule has 0 radical (unpaired) electrons. The Morgan fingerprint density at radius 3 is 2.21 bits per heavy atom. The second-order valence-corrected chi connectivity index (χ2v) is 8.01. The van der Waals surface area contributed by atoms with Crippen LogP contribution in [0.4, 0.5) is 0 Å². The number of carbonyl (C=O) groups is 2. The van der Waals surface area contributed by atoms with Crippen molar-refractivity contribution in [2.75, 3.05) is 45.8 Å². The summed E-state index contributed by atoms with van der Waals surface area (Å²) < 4.78 is 0. The summed E-state index contributed by atoms with van der Waals surface area (Å²) >= 11 is 0. The SMILES string of the molecule is C=C(C)C(=O)N1CCCC2(CCCN(CC(=O)N3CCCC3)C2)C1. The molecule has 3 heterocycles. The molecule has 1 unspecified atom stereocenters. The van der Waals surface area contributed by atoms with Crippen LogP contribution in [-0.2, 0) is 9.59 Å². The minimum atomic E-state index is 0.0966. The zero-order valence-electron chi connectivity index (χ0n) is 15.1. The molecule has 5 nitrogen and oxygen atoms in total. The first-order chi connectivity index (χ1) is 11.5. The number of likely N-dealkylation sites (tertiary alicyclic amines) is 3. The fraction of sp³-hybridized carbons (Fsp3) is 0.789. The molecular weight excluding hydrogens is 302 g/mol. The Kier molecular flexibility index (Phi) is 5.28. The molecule has 24 heavy (non-hydrogen) atoms. The molecule has 0 aromatic heterocycles. The third-order valence-electron chi connectivity index (χ3n) is 5.87. The van der Waals surface area contributed by atoms with Crippen molar-refractivity contribution in [1.82, 2.24) is 14.7 Å². The van der Waals surface area contributed by atoms with E-state index in [4.69, 9.17) is 0 Å². The van der Waals surface area contributed by atoms with E-state index in [-0.39, 0.29) is 17.2 Å². The molecule has 2 amide bonds. The van der Waals surface area contributed by atoms with Crippen LogP contribution in [0.25, 0.3) is 0 Å². The highest BCUT2D eigenvalue weighted by molar-refractivity contribution is 5.92. The summed E-state index contributed by atoms with van der Waals surface area (Å²) in [6.07, 6.45) is 6.82. The molecule has 3 aliphatic heterocycles. The van der Waals surface area contributed by atoms with E-state index < -0.39 is 0 Å². The van der Waals surface area contributed by atoms with Crippen LogP contribution in [-0.4, -0.2) is 72.3 Å². The minimum absolute atomic E-state index is 0.0966. The van der Waals surface area contributed by atoms with Crippen molar-refractivity contribution in [1.29, 1.82) is 0 Å². The molecule has 134 valence electrons. The molecule has 0 aliphatic carbocycles. The van der Waals surface area contributed by atoms with Crippen molar-refractivity contribution in [2.45, 2.75) is 45.4 Å². The van der Waals surface area contributed by atoms with Gasteiger partial charge in [0.15, 0.2) is 0 Å². The maximum Gasteiger partial charge on any atom is 0.248 e. The van der Waals surface area contributed by atoms with Gasteiger partial charge in [0.05, 0.1) is 6.54 Å². The largest absolute Gasteiger partial charge is 0.342 e. The standard InChI is InChI=1S/C19H31N3O2/c1-16(2)18(24)22-12-6-8-19(15-22)7-5-9-20(14-19)13-17(23)21-10-3-4-11-21/h1,3-15H2,2H3. The molecule has 3 rings (SSSR count). The zero-order valence-corrected chi connectivity index (χ0v) is 15.1. The molecule has 0 saturated carbocycles. The Morgan fingerprint density at radius 2 is 1.54 bits per heavy atom. The van der Waals surface area contributed by atoms with Gasteiger partial charge in [-0.05, 0) is 52.0 Å². The minimum Gasteiger partial charge on any atom is -0.342 e. The molecule has 1 atom stereocenters. The molecule has 0 aromatic carbocycles. The first-order valence-electron chi connectivity index (χ1n) is 9.44. The van der Waals surface area contributed by atoms with Gasteiger partial charge in [0.2, 0.25) is 11.8 Å². The van der Waals surface area contributed by atoms with E-state index in [2.05, 4.69) is 11.5 Å². The second kappa shape index (κ2) is 7.26. The average Bonchev–Trinajstić information content (AvgIpc) is 3.09. The molecule has 5 heteroatoms. The highest BCUT2D eigenvalue weighted by atomic mass is 16.2. The van der Waals surface area contributed by atoms with Gasteiger partial charge in [-0.2, -0.15) is 0 Å². The predicted molar refractivity (Wildman–Crippen MR) is 94.5 cm³/mol. The highest BCUT2D eigenvalue weighted by Crippen LogP contribution is 2.38. The lowest BCUT2D eigenvalue weighted by molar-refractivity contribution is -0.135. The van der Waals surface area contributed by atoms with Crippen LogP contribution in [0.3, 0.4) is 0 Å². The van der Waals surface area contributed by atoms with Gasteiger partial charge in [0.25, 0.3) is 0 Å². The summed E-state index contributed by atoms with van der Waals surface area (Å²) in [4.78, 5) is 31.1. The quantitative estimate of drug-likeness (QED) is 0.741. The maximum atomic E-state index is 12.5. The highest BCUT2D eigenvalue weighted by Gasteiger charge is 2.41. The molecule has 0 N–H and O–H groups in total. The first kappa shape index (κ1) is 17.5. The van der Waals surface area contributed by atoms with E-state index >= 15 is 0 Å². The Morgan fingerprint density at radius 1 is 0.917 bits per heavy atom. The Hall–Kier alpha value is -1.36. The van der Waals surface area contributed by atoms with Gasteiger partial charge in [0.1, 0.15) is 0 Å². The smallest absolute Gasteiger partial charge is 0.248 e. The predicted octanol–water partition coefficient (Wildman–Crippen LogP) is 1.89. The van der Waals surface area contributed by atoms with E-state index in [0.29, 0.717) is 12.1 Å². The third-order valence-corrected chi connectivity index (χ3v) is 5.87. The van der Waals surface area contributed by atoms with Crippen LogP contribution < -0.4 is 0 Å². The van der Waals surface area contributed by atoms with E-state index in [0.717, 1.165) is 65.0 Å². The molecule has 3 aliphatic rings. The van der Waals surface area contributed by atoms with Crippen LogP contribution in [0.1, 0.15) is 45.4 Å². The van der Waals surface area contributed by atoms with E-state index in [1.807, 2.05) is 9.80 Å². The van der Waals surface area contributed by atoms with E-state index in [1.165, 1.54) is 12.8 Å². The van der Waals surface area contributed by atoms with Crippen LogP contribution >= 0.6 is 0 Å². The van der Waals surface area contributed by atoms with Crippen LogP contribution in [0, 0.1) is 5.41 Å². The Bertz CT molecular complexity index is 509. The number of hydrogen-bond donors (Lipinski definition) is 0. The van der Waals surface area contributed by atoms with E-state index in [1.54, 1.807) is 6.92 Å².